The SMILES string of the molecule is c1ccc2c(c1)-c1ccc(-c3cc4c(cc3N(c3ccc5c6ccccc6c6ccccc6c5c3)c3cccc5ccccc35)C3(c5ccccc5-c5ccccc53)c3ccccc3-4)cc1C21CCCC1. The van der Waals surface area contributed by atoms with Crippen LogP contribution in [0.5, 0.6) is 0 Å². The molecule has 12 aromatic rings. The van der Waals surface area contributed by atoms with Gasteiger partial charge in [-0.25, -0.2) is 0 Å². The normalized spacial score (nSPS) is 15.0. The van der Waals surface area contributed by atoms with Gasteiger partial charge in [0.15, 0.2) is 0 Å². The molecule has 1 nitrogen and oxygen atoms in total. The molecule has 1 heteroatoms. The van der Waals surface area contributed by atoms with Crippen molar-refractivity contribution in [1.29, 1.82) is 0 Å². The van der Waals surface area contributed by atoms with E-state index in [9.17, 15) is 0 Å². The molecule has 1 fully saturated rings. The Labute approximate surface area is 413 Å². The molecule has 0 N–H and O–H groups in total. The fourth-order valence-corrected chi connectivity index (χ4v) is 14.5. The van der Waals surface area contributed by atoms with E-state index in [4.69, 9.17) is 0 Å². The van der Waals surface area contributed by atoms with E-state index >= 15 is 0 Å². The van der Waals surface area contributed by atoms with Crippen LogP contribution < -0.4 is 4.90 Å². The van der Waals surface area contributed by atoms with Crippen LogP contribution in [0.1, 0.15) is 59.1 Å². The Morgan fingerprint density at radius 1 is 0.282 bits per heavy atom. The highest BCUT2D eigenvalue weighted by Crippen LogP contribution is 2.65. The molecule has 1 saturated carbocycles. The molecule has 0 atom stereocenters. The lowest BCUT2D eigenvalue weighted by Gasteiger charge is -2.34. The molecule has 16 rings (SSSR count). The number of nitrogens with zero attached hydrogens (tertiary/aromatic N) is 1. The summed E-state index contributed by atoms with van der Waals surface area (Å²) in [7, 11) is 0. The van der Waals surface area contributed by atoms with E-state index in [-0.39, 0.29) is 5.41 Å². The average molecular weight is 902 g/mol. The van der Waals surface area contributed by atoms with Crippen LogP contribution in [0.15, 0.2) is 237 Å². The van der Waals surface area contributed by atoms with E-state index in [1.807, 2.05) is 0 Å². The van der Waals surface area contributed by atoms with E-state index in [0.29, 0.717) is 0 Å². The minimum atomic E-state index is -0.511. The van der Waals surface area contributed by atoms with Gasteiger partial charge in [-0.3, -0.25) is 0 Å². The molecular weight excluding hydrogens is 855 g/mol. The Kier molecular flexibility index (Phi) is 8.04. The van der Waals surface area contributed by atoms with E-state index in [2.05, 4.69) is 241 Å². The van der Waals surface area contributed by atoms with Gasteiger partial charge in [-0.2, -0.15) is 0 Å². The zero-order valence-electron chi connectivity index (χ0n) is 39.3. The summed E-state index contributed by atoms with van der Waals surface area (Å²) in [5, 5.41) is 10.1. The lowest BCUT2D eigenvalue weighted by molar-refractivity contribution is 0.550. The highest BCUT2D eigenvalue weighted by atomic mass is 15.1. The molecule has 0 heterocycles. The molecule has 0 bridgehead atoms. The summed E-state index contributed by atoms with van der Waals surface area (Å²) < 4.78 is 0. The van der Waals surface area contributed by atoms with Crippen LogP contribution in [0, 0.1) is 0 Å². The zero-order chi connectivity index (χ0) is 46.4. The average Bonchev–Trinajstić information content (AvgIpc) is 4.20. The summed E-state index contributed by atoms with van der Waals surface area (Å²) in [6.07, 6.45) is 4.89. The van der Waals surface area contributed by atoms with Gasteiger partial charge in [0.2, 0.25) is 0 Å². The third-order valence-corrected chi connectivity index (χ3v) is 17.4. The topological polar surface area (TPSA) is 3.24 Å². The molecule has 12 aromatic carbocycles. The van der Waals surface area contributed by atoms with Crippen LogP contribution in [0.25, 0.3) is 87.6 Å². The Bertz CT molecular complexity index is 4170. The smallest absolute Gasteiger partial charge is 0.0726 e. The third-order valence-electron chi connectivity index (χ3n) is 17.4. The number of anilines is 3. The van der Waals surface area contributed by atoms with Crippen molar-refractivity contribution in [3.8, 4) is 44.5 Å². The van der Waals surface area contributed by atoms with E-state index in [1.54, 1.807) is 0 Å². The van der Waals surface area contributed by atoms with Crippen molar-refractivity contribution in [3.63, 3.8) is 0 Å². The van der Waals surface area contributed by atoms with Crippen molar-refractivity contribution in [2.75, 3.05) is 4.90 Å². The molecule has 0 unspecified atom stereocenters. The van der Waals surface area contributed by atoms with Crippen LogP contribution in [0.3, 0.4) is 0 Å². The second-order valence-electron chi connectivity index (χ2n) is 20.6. The van der Waals surface area contributed by atoms with Gasteiger partial charge in [0, 0.05) is 22.1 Å². The minimum Gasteiger partial charge on any atom is -0.309 e. The fraction of sp³-hybridized carbons (Fsp3) is 0.0857. The standard InChI is InChI=1S/C70H47N/c1-2-20-47-44(18-1)19-17-33-67(47)71(46-35-37-52-50-23-4-3-21-48(50)49-22-5-6-24-51(49)59(52)41-46)68-43-66-60(42-58(68)45-34-36-57-53-25-7-11-29-61(53)69(65(57)40-45)38-15-16-39-69)56-28-10-14-32-64(56)70(66)62-30-12-8-26-54(62)55-27-9-13-31-63(55)70/h1-14,17-37,40-43H,15-16,38-39H2. The summed E-state index contributed by atoms with van der Waals surface area (Å²) in [4.78, 5) is 2.62. The number of hydrogen-bond acceptors (Lipinski definition) is 1. The number of rotatable bonds is 4. The van der Waals surface area contributed by atoms with Crippen molar-refractivity contribution >= 4 is 60.2 Å². The molecule has 4 aliphatic rings. The molecule has 71 heavy (non-hydrogen) atoms. The van der Waals surface area contributed by atoms with Gasteiger partial charge >= 0.3 is 0 Å². The summed E-state index contributed by atoms with van der Waals surface area (Å²) in [5.41, 5.74) is 21.9. The van der Waals surface area contributed by atoms with Gasteiger partial charge in [-0.05, 0) is 159 Å². The predicted molar refractivity (Wildman–Crippen MR) is 298 cm³/mol. The van der Waals surface area contributed by atoms with Crippen LogP contribution in [-0.4, -0.2) is 0 Å². The van der Waals surface area contributed by atoms with Gasteiger partial charge in [0.1, 0.15) is 0 Å². The molecular formula is C70H47N. The van der Waals surface area contributed by atoms with Gasteiger partial charge in [-0.1, -0.05) is 213 Å². The lowest BCUT2D eigenvalue weighted by atomic mass is 9.70. The highest BCUT2D eigenvalue weighted by Gasteiger charge is 2.52. The summed E-state index contributed by atoms with van der Waals surface area (Å²) in [6.45, 7) is 0. The van der Waals surface area contributed by atoms with Crippen LogP contribution in [0.2, 0.25) is 0 Å². The zero-order valence-corrected chi connectivity index (χ0v) is 39.3. The van der Waals surface area contributed by atoms with Crippen molar-refractivity contribution in [3.05, 3.63) is 270 Å². The summed E-state index contributed by atoms with van der Waals surface area (Å²) in [5.74, 6) is 0. The molecule has 0 aliphatic heterocycles. The first-order valence-corrected chi connectivity index (χ1v) is 25.5. The maximum Gasteiger partial charge on any atom is 0.0726 e. The molecule has 4 aliphatic carbocycles. The van der Waals surface area contributed by atoms with Gasteiger partial charge in [0.05, 0.1) is 16.8 Å². The van der Waals surface area contributed by atoms with Crippen LogP contribution >= 0.6 is 0 Å². The van der Waals surface area contributed by atoms with Crippen molar-refractivity contribution < 1.29 is 0 Å². The molecule has 0 saturated heterocycles. The quantitative estimate of drug-likeness (QED) is 0.159. The lowest BCUT2D eigenvalue weighted by Crippen LogP contribution is -2.26. The summed E-state index contributed by atoms with van der Waals surface area (Å²) >= 11 is 0. The molecule has 0 amide bonds. The summed E-state index contributed by atoms with van der Waals surface area (Å²) in [6, 6.07) is 90.7. The second-order valence-corrected chi connectivity index (χ2v) is 20.6. The molecule has 2 spiro atoms. The molecule has 0 radical (unpaired) electrons. The van der Waals surface area contributed by atoms with Crippen molar-refractivity contribution in [2.45, 2.75) is 36.5 Å². The Balaban J connectivity index is 1.05. The third kappa shape index (κ3) is 5.15. The first-order valence-electron chi connectivity index (χ1n) is 25.5. The molecule has 0 aromatic heterocycles. The van der Waals surface area contributed by atoms with Gasteiger partial charge in [0.25, 0.3) is 0 Å². The van der Waals surface area contributed by atoms with Crippen LogP contribution in [0.4, 0.5) is 17.1 Å². The van der Waals surface area contributed by atoms with Crippen molar-refractivity contribution in [2.24, 2.45) is 0 Å². The second kappa shape index (κ2) is 14.5. The van der Waals surface area contributed by atoms with Crippen molar-refractivity contribution in [1.82, 2.24) is 0 Å². The highest BCUT2D eigenvalue weighted by molar-refractivity contribution is 6.26. The largest absolute Gasteiger partial charge is 0.309 e. The van der Waals surface area contributed by atoms with Gasteiger partial charge in [-0.15, -0.1) is 0 Å². The van der Waals surface area contributed by atoms with E-state index in [0.717, 1.165) is 11.4 Å². The monoisotopic (exact) mass is 901 g/mol. The first-order chi connectivity index (χ1) is 35.2. The Morgan fingerprint density at radius 3 is 1.42 bits per heavy atom. The molecule has 332 valence electrons. The maximum atomic E-state index is 2.63. The number of hydrogen-bond donors (Lipinski definition) is 0. The van der Waals surface area contributed by atoms with E-state index in [1.165, 1.54) is 152 Å². The van der Waals surface area contributed by atoms with Crippen LogP contribution in [-0.2, 0) is 10.8 Å². The fourth-order valence-electron chi connectivity index (χ4n) is 14.5. The predicted octanol–water partition coefficient (Wildman–Crippen LogP) is 18.6. The van der Waals surface area contributed by atoms with E-state index < -0.39 is 5.41 Å². The minimum absolute atomic E-state index is 0.0320. The number of fused-ring (bicyclic) bond motifs is 22. The Morgan fingerprint density at radius 2 is 0.775 bits per heavy atom. The first kappa shape index (κ1) is 39.3. The Hall–Kier alpha value is -8.52. The van der Waals surface area contributed by atoms with Gasteiger partial charge < -0.3 is 4.90 Å². The maximum absolute atomic E-state index is 2.63. The number of benzene rings is 12.